The van der Waals surface area contributed by atoms with Gasteiger partial charge in [0.15, 0.2) is 23.0 Å². The molecule has 0 N–H and O–H groups in total. The summed E-state index contributed by atoms with van der Waals surface area (Å²) in [5.41, 5.74) is 2.51. The summed E-state index contributed by atoms with van der Waals surface area (Å²) in [4.78, 5) is 36.2. The summed E-state index contributed by atoms with van der Waals surface area (Å²) in [5, 5.41) is 19.4. The molecule has 0 spiro atoms. The average Bonchev–Trinajstić information content (AvgIpc) is 3.85. The van der Waals surface area contributed by atoms with Crippen molar-refractivity contribution < 1.29 is 52.4 Å². The summed E-state index contributed by atoms with van der Waals surface area (Å²) in [6.45, 7) is -0.103. The van der Waals surface area contributed by atoms with E-state index >= 15 is 0 Å². The molecule has 2 aliphatic heterocycles. The van der Waals surface area contributed by atoms with Gasteiger partial charge in [-0.05, 0) is 53.1 Å². The van der Waals surface area contributed by atoms with Crippen LogP contribution in [0, 0.1) is 22.0 Å². The molecule has 48 heavy (non-hydrogen) atoms. The van der Waals surface area contributed by atoms with Gasteiger partial charge in [0.05, 0.1) is 51.0 Å². The van der Waals surface area contributed by atoms with E-state index in [0.717, 1.165) is 16.7 Å². The van der Waals surface area contributed by atoms with Crippen LogP contribution in [-0.2, 0) is 20.9 Å². The molecule has 3 aromatic carbocycles. The van der Waals surface area contributed by atoms with Gasteiger partial charge in [-0.3, -0.25) is 14.9 Å². The lowest BCUT2D eigenvalue weighted by atomic mass is 9.65. The molecule has 16 nitrogen and oxygen atoms in total. The SMILES string of the molecule is COc1cc([C@@H]2c3cc4c(cc3[C@@H](n3cc(COC(=O)Oc5ccc([N+](=O)[O-])cc5)nn3)[C@H]3COC(=O)[C@H]23)OCO4)cc(OC)c1OC. The highest BCUT2D eigenvalue weighted by atomic mass is 16.7. The Labute approximate surface area is 272 Å². The summed E-state index contributed by atoms with van der Waals surface area (Å²) in [7, 11) is 4.57. The lowest BCUT2D eigenvalue weighted by molar-refractivity contribution is -0.384. The van der Waals surface area contributed by atoms with Gasteiger partial charge in [-0.25, -0.2) is 9.48 Å². The number of ether oxygens (including phenoxy) is 8. The van der Waals surface area contributed by atoms with E-state index < -0.39 is 29.0 Å². The molecule has 3 heterocycles. The van der Waals surface area contributed by atoms with Crippen LogP contribution in [0.1, 0.15) is 34.3 Å². The topological polar surface area (TPSA) is 182 Å². The van der Waals surface area contributed by atoms with Crippen molar-refractivity contribution in [1.29, 1.82) is 0 Å². The second kappa shape index (κ2) is 12.3. The first-order valence-corrected chi connectivity index (χ1v) is 14.7. The van der Waals surface area contributed by atoms with Crippen LogP contribution in [0.5, 0.6) is 34.5 Å². The van der Waals surface area contributed by atoms with Crippen molar-refractivity contribution >= 4 is 17.8 Å². The first-order chi connectivity index (χ1) is 23.3. The minimum absolute atomic E-state index is 0.0490. The molecule has 4 aromatic rings. The molecule has 3 aliphatic rings. The first-order valence-electron chi connectivity index (χ1n) is 14.7. The maximum atomic E-state index is 13.5. The third-order valence-corrected chi connectivity index (χ3v) is 8.62. The monoisotopic (exact) mass is 660 g/mol. The molecule has 4 atom stereocenters. The van der Waals surface area contributed by atoms with Gasteiger partial charge < -0.3 is 37.9 Å². The van der Waals surface area contributed by atoms with Gasteiger partial charge in [0.25, 0.3) is 5.69 Å². The molecule has 1 aliphatic carbocycles. The number of esters is 1. The maximum absolute atomic E-state index is 13.5. The third-order valence-electron chi connectivity index (χ3n) is 8.62. The van der Waals surface area contributed by atoms with Crippen LogP contribution in [0.15, 0.2) is 54.7 Å². The number of carbonyl (C=O) groups is 2. The highest BCUT2D eigenvalue weighted by Crippen LogP contribution is 2.56. The van der Waals surface area contributed by atoms with Gasteiger partial charge in [0, 0.05) is 24.0 Å². The van der Waals surface area contributed by atoms with Gasteiger partial charge in [-0.15, -0.1) is 5.10 Å². The number of methoxy groups -OCH3 is 3. The fourth-order valence-corrected chi connectivity index (χ4v) is 6.56. The second-order valence-electron chi connectivity index (χ2n) is 11.1. The Balaban J connectivity index is 1.21. The van der Waals surface area contributed by atoms with Crippen molar-refractivity contribution in [3.05, 3.63) is 87.2 Å². The van der Waals surface area contributed by atoms with E-state index in [1.807, 2.05) is 24.3 Å². The lowest BCUT2D eigenvalue weighted by Gasteiger charge is -2.39. The van der Waals surface area contributed by atoms with E-state index in [2.05, 4.69) is 10.3 Å². The summed E-state index contributed by atoms with van der Waals surface area (Å²) in [6.07, 6.45) is 0.592. The van der Waals surface area contributed by atoms with Gasteiger partial charge in [-0.1, -0.05) is 5.21 Å². The predicted molar refractivity (Wildman–Crippen MR) is 161 cm³/mol. The van der Waals surface area contributed by atoms with Crippen LogP contribution >= 0.6 is 0 Å². The van der Waals surface area contributed by atoms with Gasteiger partial charge >= 0.3 is 12.1 Å². The number of carbonyl (C=O) groups excluding carboxylic acids is 2. The Morgan fingerprint density at radius 2 is 1.67 bits per heavy atom. The Morgan fingerprint density at radius 3 is 2.31 bits per heavy atom. The van der Waals surface area contributed by atoms with E-state index in [4.69, 9.17) is 37.9 Å². The summed E-state index contributed by atoms with van der Waals surface area (Å²) in [5.74, 6) is 0.582. The Bertz CT molecular complexity index is 1880. The molecule has 0 bridgehead atoms. The molecular formula is C32H28N4O12. The minimum Gasteiger partial charge on any atom is -0.493 e. The summed E-state index contributed by atoms with van der Waals surface area (Å²) >= 11 is 0. The van der Waals surface area contributed by atoms with Crippen LogP contribution in [-0.4, -0.2) is 66.8 Å². The minimum atomic E-state index is -1.03. The molecule has 1 saturated heterocycles. The van der Waals surface area contributed by atoms with E-state index in [0.29, 0.717) is 34.4 Å². The molecule has 7 rings (SSSR count). The maximum Gasteiger partial charge on any atom is 0.514 e. The average molecular weight is 661 g/mol. The first kappa shape index (κ1) is 30.6. The molecule has 16 heteroatoms. The van der Waals surface area contributed by atoms with E-state index in [1.165, 1.54) is 45.6 Å². The van der Waals surface area contributed by atoms with Gasteiger partial charge in [-0.2, -0.15) is 0 Å². The number of fused-ring (bicyclic) bond motifs is 3. The number of cyclic esters (lactones) is 1. The van der Waals surface area contributed by atoms with Crippen molar-refractivity contribution in [3.8, 4) is 34.5 Å². The van der Waals surface area contributed by atoms with E-state index in [1.54, 1.807) is 10.9 Å². The number of nitro benzene ring substituents is 1. The molecule has 0 unspecified atom stereocenters. The highest BCUT2D eigenvalue weighted by molar-refractivity contribution is 5.79. The lowest BCUT2D eigenvalue weighted by Crippen LogP contribution is -2.37. The van der Waals surface area contributed by atoms with Crippen LogP contribution in [0.2, 0.25) is 0 Å². The number of hydrogen-bond acceptors (Lipinski definition) is 14. The van der Waals surface area contributed by atoms with Crippen molar-refractivity contribution in [1.82, 2.24) is 15.0 Å². The number of aromatic nitrogens is 3. The molecular weight excluding hydrogens is 632 g/mol. The third kappa shape index (κ3) is 5.30. The second-order valence-corrected chi connectivity index (χ2v) is 11.1. The Hall–Kier alpha value is -6.06. The zero-order chi connectivity index (χ0) is 33.5. The molecule has 0 radical (unpaired) electrons. The Morgan fingerprint density at radius 1 is 0.979 bits per heavy atom. The fourth-order valence-electron chi connectivity index (χ4n) is 6.56. The fraction of sp³-hybridized carbons (Fsp3) is 0.312. The largest absolute Gasteiger partial charge is 0.514 e. The van der Waals surface area contributed by atoms with Crippen molar-refractivity contribution in [2.45, 2.75) is 18.6 Å². The molecule has 248 valence electrons. The Kier molecular flexibility index (Phi) is 7.82. The summed E-state index contributed by atoms with van der Waals surface area (Å²) < 4.78 is 45.9. The van der Waals surface area contributed by atoms with Crippen LogP contribution in [0.25, 0.3) is 0 Å². The normalized spacial score (nSPS) is 20.3. The van der Waals surface area contributed by atoms with Crippen molar-refractivity contribution in [2.24, 2.45) is 11.8 Å². The van der Waals surface area contributed by atoms with Crippen molar-refractivity contribution in [3.63, 3.8) is 0 Å². The molecule has 0 saturated carbocycles. The predicted octanol–water partition coefficient (Wildman–Crippen LogP) is 4.18. The van der Waals surface area contributed by atoms with Gasteiger partial charge in [0.2, 0.25) is 12.5 Å². The van der Waals surface area contributed by atoms with E-state index in [-0.39, 0.29) is 43.3 Å². The number of hydrogen-bond donors (Lipinski definition) is 0. The van der Waals surface area contributed by atoms with Crippen LogP contribution in [0.3, 0.4) is 0 Å². The molecule has 1 fully saturated rings. The zero-order valence-corrected chi connectivity index (χ0v) is 25.8. The zero-order valence-electron chi connectivity index (χ0n) is 25.8. The molecule has 1 aromatic heterocycles. The number of nitro groups is 1. The summed E-state index contributed by atoms with van der Waals surface area (Å²) in [6, 6.07) is 11.9. The van der Waals surface area contributed by atoms with Crippen LogP contribution in [0.4, 0.5) is 10.5 Å². The smallest absolute Gasteiger partial charge is 0.493 e. The highest BCUT2D eigenvalue weighted by Gasteiger charge is 2.53. The quantitative estimate of drug-likeness (QED) is 0.108. The number of nitrogens with zero attached hydrogens (tertiary/aromatic N) is 4. The number of rotatable bonds is 9. The number of non-ortho nitro benzene ring substituents is 1. The van der Waals surface area contributed by atoms with Crippen molar-refractivity contribution in [2.75, 3.05) is 34.7 Å². The van der Waals surface area contributed by atoms with Gasteiger partial charge in [0.1, 0.15) is 18.1 Å². The standard InChI is InChI=1S/C32H28N4O12/c1-41-25-8-16(9-26(42-2)30(25)43-3)27-20-10-23-24(47-15-46-23)11-21(20)29(22-14-44-31(37)28(22)27)35-12-17(33-34-35)13-45-32(38)48-19-6-4-18(5-7-19)36(39)40/h4-12,22,27-29H,13-15H2,1-3H3/t22-,27+,28-,29+/m0/s1. The molecule has 0 amide bonds. The van der Waals surface area contributed by atoms with E-state index in [9.17, 15) is 19.7 Å². The number of benzene rings is 3. The van der Waals surface area contributed by atoms with Crippen LogP contribution < -0.4 is 28.4 Å².